The van der Waals surface area contributed by atoms with Crippen molar-refractivity contribution in [2.24, 2.45) is 0 Å². The Labute approximate surface area is 82.6 Å². The molecule has 0 atom stereocenters. The Kier molecular flexibility index (Phi) is 2.88. The number of allylic oxidation sites excluding steroid dienone is 1. The minimum Gasteiger partial charge on any atom is -0.462 e. The van der Waals surface area contributed by atoms with Crippen LogP contribution < -0.4 is 0 Å². The van der Waals surface area contributed by atoms with E-state index in [0.717, 1.165) is 11.3 Å². The lowest BCUT2D eigenvalue weighted by atomic mass is 10.2. The Hall–Kier alpha value is -1.82. The van der Waals surface area contributed by atoms with E-state index in [1.165, 1.54) is 13.0 Å². The summed E-state index contributed by atoms with van der Waals surface area (Å²) in [7, 11) is 0. The van der Waals surface area contributed by atoms with Gasteiger partial charge in [0.05, 0.1) is 5.57 Å². The number of rotatable bonds is 2. The summed E-state index contributed by atoms with van der Waals surface area (Å²) in [4.78, 5) is 10.9. The Morgan fingerprint density at radius 1 is 1.57 bits per heavy atom. The van der Waals surface area contributed by atoms with Gasteiger partial charge in [-0.2, -0.15) is 5.26 Å². The Bertz CT molecular complexity index is 413. The van der Waals surface area contributed by atoms with E-state index in [1.54, 1.807) is 6.07 Å². The van der Waals surface area contributed by atoms with Gasteiger partial charge in [0, 0.05) is 6.08 Å². The fourth-order valence-electron chi connectivity index (χ4n) is 1.03. The second-order valence-corrected chi connectivity index (χ2v) is 3.11. The standard InChI is InChI=1S/C11H11NO2/c1-7-4-11(14-9(7)3)5-10(6-12)8(2)13/h4-5H,1-3H3. The first-order valence-electron chi connectivity index (χ1n) is 4.24. The van der Waals surface area contributed by atoms with Gasteiger partial charge in [0.2, 0.25) is 0 Å². The van der Waals surface area contributed by atoms with Crippen LogP contribution >= 0.6 is 0 Å². The smallest absolute Gasteiger partial charge is 0.170 e. The molecule has 0 fully saturated rings. The Morgan fingerprint density at radius 3 is 2.57 bits per heavy atom. The minimum absolute atomic E-state index is 0.110. The van der Waals surface area contributed by atoms with Crippen LogP contribution in [0.2, 0.25) is 0 Å². The molecule has 0 saturated heterocycles. The minimum atomic E-state index is -0.251. The van der Waals surface area contributed by atoms with Gasteiger partial charge in [0.15, 0.2) is 5.78 Å². The van der Waals surface area contributed by atoms with Crippen LogP contribution in [0.15, 0.2) is 16.1 Å². The highest BCUT2D eigenvalue weighted by Crippen LogP contribution is 2.16. The lowest BCUT2D eigenvalue weighted by molar-refractivity contribution is -0.113. The van der Waals surface area contributed by atoms with Crippen LogP contribution in [0.3, 0.4) is 0 Å². The van der Waals surface area contributed by atoms with E-state index in [-0.39, 0.29) is 11.4 Å². The monoisotopic (exact) mass is 189 g/mol. The summed E-state index contributed by atoms with van der Waals surface area (Å²) in [5.74, 6) is 1.10. The summed E-state index contributed by atoms with van der Waals surface area (Å²) in [6.07, 6.45) is 1.46. The molecule has 0 unspecified atom stereocenters. The molecule has 0 amide bonds. The molecule has 1 heterocycles. The first-order valence-corrected chi connectivity index (χ1v) is 4.24. The average Bonchev–Trinajstić information content (AvgIpc) is 2.41. The van der Waals surface area contributed by atoms with Gasteiger partial charge in [-0.15, -0.1) is 0 Å². The van der Waals surface area contributed by atoms with Crippen molar-refractivity contribution in [3.63, 3.8) is 0 Å². The van der Waals surface area contributed by atoms with Crippen molar-refractivity contribution in [1.29, 1.82) is 5.26 Å². The van der Waals surface area contributed by atoms with Gasteiger partial charge in [-0.1, -0.05) is 0 Å². The molecular weight excluding hydrogens is 178 g/mol. The van der Waals surface area contributed by atoms with Gasteiger partial charge >= 0.3 is 0 Å². The second kappa shape index (κ2) is 3.93. The van der Waals surface area contributed by atoms with E-state index in [2.05, 4.69) is 0 Å². The Balaban J connectivity index is 3.08. The molecule has 0 saturated carbocycles. The van der Waals surface area contributed by atoms with Gasteiger partial charge in [-0.05, 0) is 32.4 Å². The summed E-state index contributed by atoms with van der Waals surface area (Å²) in [5.41, 5.74) is 1.12. The van der Waals surface area contributed by atoms with Crippen LogP contribution in [0.25, 0.3) is 6.08 Å². The third kappa shape index (κ3) is 2.11. The molecule has 14 heavy (non-hydrogen) atoms. The van der Waals surface area contributed by atoms with Crippen molar-refractivity contribution in [3.8, 4) is 6.07 Å². The number of ketones is 1. The number of Topliss-reactive ketones (excluding diaryl/α,β-unsaturated/α-hetero) is 1. The number of carbonyl (C=O) groups excluding carboxylic acids is 1. The largest absolute Gasteiger partial charge is 0.462 e. The first-order chi connectivity index (χ1) is 6.54. The van der Waals surface area contributed by atoms with Gasteiger partial charge in [-0.3, -0.25) is 4.79 Å². The summed E-state index contributed by atoms with van der Waals surface area (Å²) in [5, 5.41) is 8.65. The van der Waals surface area contributed by atoms with E-state index >= 15 is 0 Å². The van der Waals surface area contributed by atoms with Gasteiger partial charge in [-0.25, -0.2) is 0 Å². The molecule has 1 rings (SSSR count). The van der Waals surface area contributed by atoms with Gasteiger partial charge in [0.25, 0.3) is 0 Å². The number of carbonyl (C=O) groups is 1. The lowest BCUT2D eigenvalue weighted by Gasteiger charge is -1.88. The molecule has 0 aliphatic carbocycles. The molecule has 0 bridgehead atoms. The fourth-order valence-corrected chi connectivity index (χ4v) is 1.03. The zero-order valence-corrected chi connectivity index (χ0v) is 8.42. The van der Waals surface area contributed by atoms with Crippen molar-refractivity contribution in [3.05, 3.63) is 28.7 Å². The summed E-state index contributed by atoms with van der Waals surface area (Å²) in [6.45, 7) is 5.11. The number of hydrogen-bond donors (Lipinski definition) is 0. The van der Waals surface area contributed by atoms with E-state index in [1.807, 2.05) is 19.9 Å². The third-order valence-electron chi connectivity index (χ3n) is 1.97. The van der Waals surface area contributed by atoms with Gasteiger partial charge in [0.1, 0.15) is 17.6 Å². The zero-order valence-electron chi connectivity index (χ0n) is 8.42. The summed E-state index contributed by atoms with van der Waals surface area (Å²) in [6, 6.07) is 3.63. The number of nitriles is 1. The molecule has 0 radical (unpaired) electrons. The normalized spacial score (nSPS) is 11.1. The molecule has 1 aromatic heterocycles. The highest BCUT2D eigenvalue weighted by molar-refractivity contribution is 6.01. The molecule has 72 valence electrons. The summed E-state index contributed by atoms with van der Waals surface area (Å²) < 4.78 is 5.32. The van der Waals surface area contributed by atoms with Crippen LogP contribution in [0.1, 0.15) is 24.0 Å². The van der Waals surface area contributed by atoms with Crippen molar-refractivity contribution in [2.75, 3.05) is 0 Å². The molecule has 0 aliphatic heterocycles. The molecule has 3 heteroatoms. The molecule has 1 aromatic rings. The van der Waals surface area contributed by atoms with E-state index in [9.17, 15) is 4.79 Å². The van der Waals surface area contributed by atoms with Crippen LogP contribution in [0.4, 0.5) is 0 Å². The van der Waals surface area contributed by atoms with Crippen LogP contribution in [-0.4, -0.2) is 5.78 Å². The van der Waals surface area contributed by atoms with Crippen molar-refractivity contribution in [2.45, 2.75) is 20.8 Å². The molecule has 0 aromatic carbocycles. The molecule has 0 N–H and O–H groups in total. The maximum absolute atomic E-state index is 10.9. The SMILES string of the molecule is CC(=O)C(C#N)=Cc1cc(C)c(C)o1. The molecule has 0 spiro atoms. The number of hydrogen-bond acceptors (Lipinski definition) is 3. The molecular formula is C11H11NO2. The Morgan fingerprint density at radius 2 is 2.21 bits per heavy atom. The zero-order chi connectivity index (χ0) is 10.7. The van der Waals surface area contributed by atoms with E-state index in [4.69, 9.17) is 9.68 Å². The highest BCUT2D eigenvalue weighted by atomic mass is 16.3. The van der Waals surface area contributed by atoms with Crippen LogP contribution in [0.5, 0.6) is 0 Å². The topological polar surface area (TPSA) is 54.0 Å². The maximum atomic E-state index is 10.9. The second-order valence-electron chi connectivity index (χ2n) is 3.11. The van der Waals surface area contributed by atoms with Crippen molar-refractivity contribution < 1.29 is 9.21 Å². The number of aryl methyl sites for hydroxylation is 2. The molecule has 3 nitrogen and oxygen atoms in total. The van der Waals surface area contributed by atoms with Crippen LogP contribution in [-0.2, 0) is 4.79 Å². The van der Waals surface area contributed by atoms with Crippen molar-refractivity contribution in [1.82, 2.24) is 0 Å². The predicted molar refractivity (Wildman–Crippen MR) is 52.5 cm³/mol. The predicted octanol–water partition coefficient (Wildman–Crippen LogP) is 2.39. The van der Waals surface area contributed by atoms with E-state index < -0.39 is 0 Å². The van der Waals surface area contributed by atoms with Gasteiger partial charge < -0.3 is 4.42 Å². The van der Waals surface area contributed by atoms with E-state index in [0.29, 0.717) is 5.76 Å². The quantitative estimate of drug-likeness (QED) is 0.530. The number of nitrogens with zero attached hydrogens (tertiary/aromatic N) is 1. The highest BCUT2D eigenvalue weighted by Gasteiger charge is 2.05. The van der Waals surface area contributed by atoms with Crippen LogP contribution in [0, 0.1) is 25.2 Å². The summed E-state index contributed by atoms with van der Waals surface area (Å²) >= 11 is 0. The van der Waals surface area contributed by atoms with Crippen molar-refractivity contribution >= 4 is 11.9 Å². The fraction of sp³-hybridized carbons (Fsp3) is 0.273. The third-order valence-corrected chi connectivity index (χ3v) is 1.97. The first kappa shape index (κ1) is 10.3. The molecule has 0 aliphatic rings. The number of furan rings is 1. The maximum Gasteiger partial charge on any atom is 0.170 e. The lowest BCUT2D eigenvalue weighted by Crippen LogP contribution is -1.92. The average molecular weight is 189 g/mol.